The molecule has 0 bridgehead atoms. The van der Waals surface area contributed by atoms with Gasteiger partial charge in [0.05, 0.1) is 11.8 Å². The second kappa shape index (κ2) is 4.41. The van der Waals surface area contributed by atoms with Crippen molar-refractivity contribution in [2.45, 2.75) is 25.8 Å². The summed E-state index contributed by atoms with van der Waals surface area (Å²) in [7, 11) is 0. The summed E-state index contributed by atoms with van der Waals surface area (Å²) in [4.78, 5) is 25.1. The van der Waals surface area contributed by atoms with Gasteiger partial charge < -0.3 is 16.0 Å². The second-order valence-electron chi connectivity index (χ2n) is 4.87. The average molecular weight is 225 g/mol. The Bertz CT molecular complexity index is 302. The zero-order valence-corrected chi connectivity index (χ0v) is 9.61. The molecule has 2 aliphatic rings. The minimum Gasteiger partial charge on any atom is -0.369 e. The molecule has 3 N–H and O–H groups in total. The van der Waals surface area contributed by atoms with Crippen molar-refractivity contribution in [2.75, 3.05) is 19.6 Å². The standard InChI is InChI=1S/C11H19N3O2/c1-7-2-3-8(10(12)15)6-14(7)11(16)9-4-13-5-9/h7-9,13H,2-6H2,1H3,(H2,12,15). The molecule has 2 fully saturated rings. The van der Waals surface area contributed by atoms with Crippen LogP contribution in [0.2, 0.25) is 0 Å². The van der Waals surface area contributed by atoms with Crippen molar-refractivity contribution < 1.29 is 9.59 Å². The number of primary amides is 1. The predicted octanol–water partition coefficient (Wildman–Crippen LogP) is -0.682. The van der Waals surface area contributed by atoms with E-state index >= 15 is 0 Å². The average Bonchev–Trinajstić information content (AvgIpc) is 2.15. The van der Waals surface area contributed by atoms with E-state index in [2.05, 4.69) is 5.32 Å². The molecule has 2 saturated heterocycles. The minimum atomic E-state index is -0.281. The van der Waals surface area contributed by atoms with Crippen LogP contribution in [0, 0.1) is 11.8 Å². The molecule has 16 heavy (non-hydrogen) atoms. The highest BCUT2D eigenvalue weighted by Gasteiger charge is 2.36. The van der Waals surface area contributed by atoms with E-state index in [0.29, 0.717) is 6.54 Å². The maximum absolute atomic E-state index is 12.1. The molecule has 5 nitrogen and oxygen atoms in total. The third-order valence-corrected chi connectivity index (χ3v) is 3.70. The predicted molar refractivity (Wildman–Crippen MR) is 59.5 cm³/mol. The Morgan fingerprint density at radius 2 is 1.94 bits per heavy atom. The molecule has 2 heterocycles. The fourth-order valence-corrected chi connectivity index (χ4v) is 2.34. The van der Waals surface area contributed by atoms with Gasteiger partial charge in [-0.05, 0) is 19.8 Å². The summed E-state index contributed by atoms with van der Waals surface area (Å²) in [5.41, 5.74) is 5.31. The van der Waals surface area contributed by atoms with Crippen molar-refractivity contribution in [1.82, 2.24) is 10.2 Å². The van der Waals surface area contributed by atoms with Crippen molar-refractivity contribution >= 4 is 11.8 Å². The molecule has 2 amide bonds. The molecule has 0 saturated carbocycles. The maximum atomic E-state index is 12.1. The number of carbonyl (C=O) groups excluding carboxylic acids is 2. The summed E-state index contributed by atoms with van der Waals surface area (Å²) in [6, 6.07) is 0.240. The first kappa shape index (κ1) is 11.4. The lowest BCUT2D eigenvalue weighted by Gasteiger charge is -2.40. The highest BCUT2D eigenvalue weighted by Crippen LogP contribution is 2.24. The van der Waals surface area contributed by atoms with Gasteiger partial charge in [0.25, 0.3) is 0 Å². The molecule has 2 rings (SSSR count). The van der Waals surface area contributed by atoms with E-state index in [0.717, 1.165) is 25.9 Å². The Balaban J connectivity index is 2.00. The van der Waals surface area contributed by atoms with Gasteiger partial charge in [-0.15, -0.1) is 0 Å². The first-order chi connectivity index (χ1) is 7.59. The van der Waals surface area contributed by atoms with E-state index in [4.69, 9.17) is 5.73 Å². The lowest BCUT2D eigenvalue weighted by molar-refractivity contribution is -0.143. The number of carbonyl (C=O) groups is 2. The van der Waals surface area contributed by atoms with Crippen LogP contribution < -0.4 is 11.1 Å². The molecule has 90 valence electrons. The highest BCUT2D eigenvalue weighted by molar-refractivity contribution is 5.82. The number of hydrogen-bond donors (Lipinski definition) is 2. The lowest BCUT2D eigenvalue weighted by Crippen LogP contribution is -2.57. The molecule has 2 unspecified atom stereocenters. The van der Waals surface area contributed by atoms with E-state index in [-0.39, 0.29) is 29.7 Å². The first-order valence-corrected chi connectivity index (χ1v) is 5.90. The monoisotopic (exact) mass is 225 g/mol. The quantitative estimate of drug-likeness (QED) is 0.653. The normalized spacial score (nSPS) is 30.9. The molecular formula is C11H19N3O2. The summed E-state index contributed by atoms with van der Waals surface area (Å²) in [5, 5.41) is 3.09. The summed E-state index contributed by atoms with van der Waals surface area (Å²) in [6.07, 6.45) is 1.68. The second-order valence-corrected chi connectivity index (χ2v) is 4.87. The van der Waals surface area contributed by atoms with E-state index in [1.807, 2.05) is 11.8 Å². The van der Waals surface area contributed by atoms with Crippen molar-refractivity contribution in [3.05, 3.63) is 0 Å². The van der Waals surface area contributed by atoms with Crippen LogP contribution in [-0.2, 0) is 9.59 Å². The van der Waals surface area contributed by atoms with Gasteiger partial charge in [0.2, 0.25) is 11.8 Å². The van der Waals surface area contributed by atoms with Crippen LogP contribution >= 0.6 is 0 Å². The van der Waals surface area contributed by atoms with Gasteiger partial charge in [0.1, 0.15) is 0 Å². The third-order valence-electron chi connectivity index (χ3n) is 3.70. The largest absolute Gasteiger partial charge is 0.369 e. The Morgan fingerprint density at radius 3 is 2.44 bits per heavy atom. The van der Waals surface area contributed by atoms with E-state index in [1.54, 1.807) is 0 Å². The van der Waals surface area contributed by atoms with Crippen molar-refractivity contribution in [3.63, 3.8) is 0 Å². The summed E-state index contributed by atoms with van der Waals surface area (Å²) < 4.78 is 0. The molecule has 0 aliphatic carbocycles. The Morgan fingerprint density at radius 1 is 1.25 bits per heavy atom. The van der Waals surface area contributed by atoms with Gasteiger partial charge >= 0.3 is 0 Å². The smallest absolute Gasteiger partial charge is 0.228 e. The number of nitrogens with one attached hydrogen (secondary N) is 1. The van der Waals surface area contributed by atoms with Gasteiger partial charge in [-0.25, -0.2) is 0 Å². The van der Waals surface area contributed by atoms with Gasteiger partial charge in [0, 0.05) is 25.7 Å². The van der Waals surface area contributed by atoms with Crippen molar-refractivity contribution in [1.29, 1.82) is 0 Å². The number of likely N-dealkylation sites (tertiary alicyclic amines) is 1. The zero-order valence-electron chi connectivity index (χ0n) is 9.61. The fourth-order valence-electron chi connectivity index (χ4n) is 2.34. The van der Waals surface area contributed by atoms with Gasteiger partial charge in [-0.2, -0.15) is 0 Å². The van der Waals surface area contributed by atoms with Gasteiger partial charge in [-0.1, -0.05) is 0 Å². The number of nitrogens with two attached hydrogens (primary N) is 1. The lowest BCUT2D eigenvalue weighted by atomic mass is 9.90. The molecule has 0 radical (unpaired) electrons. The molecular weight excluding hydrogens is 206 g/mol. The Hall–Kier alpha value is -1.10. The minimum absolute atomic E-state index is 0.106. The molecule has 0 aromatic carbocycles. The Kier molecular flexibility index (Phi) is 3.14. The van der Waals surface area contributed by atoms with Crippen LogP contribution in [0.15, 0.2) is 0 Å². The van der Waals surface area contributed by atoms with E-state index < -0.39 is 0 Å². The maximum Gasteiger partial charge on any atom is 0.228 e. The number of hydrogen-bond acceptors (Lipinski definition) is 3. The Labute approximate surface area is 95.3 Å². The summed E-state index contributed by atoms with van der Waals surface area (Å²) in [6.45, 7) is 4.08. The number of nitrogens with zero attached hydrogens (tertiary/aromatic N) is 1. The van der Waals surface area contributed by atoms with Gasteiger partial charge in [0.15, 0.2) is 0 Å². The number of amides is 2. The molecule has 0 spiro atoms. The molecule has 5 heteroatoms. The topological polar surface area (TPSA) is 75.4 Å². The fraction of sp³-hybridized carbons (Fsp3) is 0.818. The molecule has 0 aromatic rings. The summed E-state index contributed by atoms with van der Waals surface area (Å²) >= 11 is 0. The van der Waals surface area contributed by atoms with Crippen molar-refractivity contribution in [3.8, 4) is 0 Å². The van der Waals surface area contributed by atoms with Crippen LogP contribution in [0.25, 0.3) is 0 Å². The van der Waals surface area contributed by atoms with E-state index in [1.165, 1.54) is 0 Å². The zero-order chi connectivity index (χ0) is 11.7. The first-order valence-electron chi connectivity index (χ1n) is 5.90. The van der Waals surface area contributed by atoms with Crippen LogP contribution in [-0.4, -0.2) is 42.4 Å². The van der Waals surface area contributed by atoms with Crippen LogP contribution in [0.1, 0.15) is 19.8 Å². The molecule has 2 aliphatic heterocycles. The van der Waals surface area contributed by atoms with Gasteiger partial charge in [-0.3, -0.25) is 9.59 Å². The highest BCUT2D eigenvalue weighted by atomic mass is 16.2. The molecule has 0 aromatic heterocycles. The third kappa shape index (κ3) is 2.04. The number of rotatable bonds is 2. The summed E-state index contributed by atoms with van der Waals surface area (Å²) in [5.74, 6) is -0.157. The SMILES string of the molecule is CC1CCC(C(N)=O)CN1C(=O)C1CNC1. The van der Waals surface area contributed by atoms with E-state index in [9.17, 15) is 9.59 Å². The van der Waals surface area contributed by atoms with Crippen LogP contribution in [0.5, 0.6) is 0 Å². The van der Waals surface area contributed by atoms with Crippen LogP contribution in [0.4, 0.5) is 0 Å². The molecule has 2 atom stereocenters. The number of piperidine rings is 1. The van der Waals surface area contributed by atoms with Crippen molar-refractivity contribution in [2.24, 2.45) is 17.6 Å². The van der Waals surface area contributed by atoms with Crippen LogP contribution in [0.3, 0.4) is 0 Å².